The first-order valence-electron chi connectivity index (χ1n) is 7.20. The van der Waals surface area contributed by atoms with Crippen LogP contribution in [0.1, 0.15) is 38.2 Å². The summed E-state index contributed by atoms with van der Waals surface area (Å²) in [4.78, 5) is 12.1. The van der Waals surface area contributed by atoms with Crippen molar-refractivity contribution in [2.45, 2.75) is 32.6 Å². The zero-order chi connectivity index (χ0) is 14.2. The van der Waals surface area contributed by atoms with Crippen LogP contribution in [0, 0.1) is 23.1 Å². The monoisotopic (exact) mass is 274 g/mol. The Morgan fingerprint density at radius 1 is 1.40 bits per heavy atom. The zero-order valence-electron chi connectivity index (χ0n) is 11.6. The van der Waals surface area contributed by atoms with Crippen molar-refractivity contribution in [3.63, 3.8) is 0 Å². The summed E-state index contributed by atoms with van der Waals surface area (Å²) in [7, 11) is 0. The Morgan fingerprint density at radius 3 is 2.80 bits per heavy atom. The van der Waals surface area contributed by atoms with Gasteiger partial charge in [-0.3, -0.25) is 4.79 Å². The van der Waals surface area contributed by atoms with Crippen molar-refractivity contribution in [1.29, 1.82) is 0 Å². The lowest BCUT2D eigenvalue weighted by molar-refractivity contribution is -0.123. The number of hydrogen-bond donors (Lipinski definition) is 1. The van der Waals surface area contributed by atoms with Crippen molar-refractivity contribution in [3.05, 3.63) is 35.6 Å². The maximum absolute atomic E-state index is 12.7. The molecule has 1 aromatic carbocycles. The highest BCUT2D eigenvalue weighted by molar-refractivity contribution is 5.85. The van der Waals surface area contributed by atoms with Gasteiger partial charge in [-0.05, 0) is 41.9 Å². The molecule has 2 aliphatic rings. The van der Waals surface area contributed by atoms with Crippen molar-refractivity contribution < 1.29 is 9.18 Å². The number of hydrogen-bond acceptors (Lipinski definition) is 2. The molecule has 0 heterocycles. The number of halogens is 1. The summed E-state index contributed by atoms with van der Waals surface area (Å²) >= 11 is 0. The number of rotatable bonds is 3. The van der Waals surface area contributed by atoms with Gasteiger partial charge in [-0.25, -0.2) is 9.82 Å². The molecule has 1 N–H and O–H groups in total. The molecular formula is C16H19FN2O. The van der Waals surface area contributed by atoms with E-state index in [0.29, 0.717) is 5.92 Å². The number of fused-ring (bicyclic) bond motifs is 1. The van der Waals surface area contributed by atoms with Crippen LogP contribution in [0.4, 0.5) is 4.39 Å². The highest BCUT2D eigenvalue weighted by Gasteiger charge is 2.64. The molecule has 20 heavy (non-hydrogen) atoms. The topological polar surface area (TPSA) is 41.5 Å². The number of hydrazone groups is 1. The second kappa shape index (κ2) is 5.00. The fraction of sp³-hybridized carbons (Fsp3) is 0.500. The van der Waals surface area contributed by atoms with E-state index in [-0.39, 0.29) is 23.1 Å². The van der Waals surface area contributed by atoms with E-state index in [1.807, 2.05) is 0 Å². The van der Waals surface area contributed by atoms with Crippen LogP contribution in [0.3, 0.4) is 0 Å². The molecule has 4 heteroatoms. The first kappa shape index (κ1) is 13.3. The Balaban J connectivity index is 1.56. The highest BCUT2D eigenvalue weighted by Crippen LogP contribution is 2.66. The van der Waals surface area contributed by atoms with Gasteiger partial charge in [0.1, 0.15) is 5.82 Å². The average Bonchev–Trinajstić information content (AvgIpc) is 3.06. The maximum atomic E-state index is 12.7. The molecule has 0 bridgehead atoms. The number of amides is 1. The van der Waals surface area contributed by atoms with Crippen molar-refractivity contribution in [1.82, 2.24) is 5.43 Å². The van der Waals surface area contributed by atoms with E-state index in [1.54, 1.807) is 18.3 Å². The second-order valence-corrected chi connectivity index (χ2v) is 6.12. The van der Waals surface area contributed by atoms with E-state index < -0.39 is 0 Å². The SMILES string of the molecule is C[C@]12CCCC[C@H]1[C@H]2C(=O)N/N=C\c1ccc(F)cc1. The van der Waals surface area contributed by atoms with Gasteiger partial charge in [0, 0.05) is 5.92 Å². The molecule has 0 spiro atoms. The molecule has 3 rings (SSSR count). The summed E-state index contributed by atoms with van der Waals surface area (Å²) in [5.41, 5.74) is 3.60. The Bertz CT molecular complexity index is 540. The lowest BCUT2D eigenvalue weighted by Crippen LogP contribution is -2.22. The largest absolute Gasteiger partial charge is 0.273 e. The molecule has 2 fully saturated rings. The van der Waals surface area contributed by atoms with Crippen molar-refractivity contribution in [2.24, 2.45) is 22.4 Å². The number of benzene rings is 1. The third-order valence-corrected chi connectivity index (χ3v) is 4.87. The number of nitrogens with one attached hydrogen (secondary N) is 1. The summed E-state index contributed by atoms with van der Waals surface area (Å²) in [6.07, 6.45) is 6.33. The van der Waals surface area contributed by atoms with Crippen LogP contribution in [-0.4, -0.2) is 12.1 Å². The van der Waals surface area contributed by atoms with Gasteiger partial charge in [0.2, 0.25) is 5.91 Å². The molecule has 0 radical (unpaired) electrons. The zero-order valence-corrected chi connectivity index (χ0v) is 11.6. The molecule has 2 saturated carbocycles. The van der Waals surface area contributed by atoms with Crippen LogP contribution >= 0.6 is 0 Å². The standard InChI is InChI=1S/C16H19FN2O/c1-16-9-3-2-4-13(16)14(16)15(20)19-18-10-11-5-7-12(17)8-6-11/h5-8,10,13-14H,2-4,9H2,1H3,(H,19,20)/b18-10-/t13-,14-,16-/m0/s1. The molecule has 3 nitrogen and oxygen atoms in total. The molecule has 0 saturated heterocycles. The van der Waals surface area contributed by atoms with Gasteiger partial charge in [0.05, 0.1) is 6.21 Å². The van der Waals surface area contributed by atoms with E-state index in [4.69, 9.17) is 0 Å². The smallest absolute Gasteiger partial charge is 0.244 e. The Kier molecular flexibility index (Phi) is 3.32. The number of carbonyl (C=O) groups is 1. The molecule has 3 atom stereocenters. The summed E-state index contributed by atoms with van der Waals surface area (Å²) in [6.45, 7) is 2.21. The maximum Gasteiger partial charge on any atom is 0.244 e. The summed E-state index contributed by atoms with van der Waals surface area (Å²) < 4.78 is 12.7. The lowest BCUT2D eigenvalue weighted by atomic mass is 9.90. The average molecular weight is 274 g/mol. The van der Waals surface area contributed by atoms with Crippen molar-refractivity contribution in [3.8, 4) is 0 Å². The third-order valence-electron chi connectivity index (χ3n) is 4.87. The van der Waals surface area contributed by atoms with Crippen LogP contribution in [0.2, 0.25) is 0 Å². The molecule has 106 valence electrons. The van der Waals surface area contributed by atoms with E-state index in [9.17, 15) is 9.18 Å². The van der Waals surface area contributed by atoms with E-state index >= 15 is 0 Å². The highest BCUT2D eigenvalue weighted by atomic mass is 19.1. The lowest BCUT2D eigenvalue weighted by Gasteiger charge is -2.15. The van der Waals surface area contributed by atoms with Gasteiger partial charge >= 0.3 is 0 Å². The van der Waals surface area contributed by atoms with E-state index in [1.165, 1.54) is 25.0 Å². The van der Waals surface area contributed by atoms with Crippen LogP contribution in [0.15, 0.2) is 29.4 Å². The quantitative estimate of drug-likeness (QED) is 0.668. The van der Waals surface area contributed by atoms with Gasteiger partial charge in [0.15, 0.2) is 0 Å². The van der Waals surface area contributed by atoms with E-state index in [0.717, 1.165) is 18.4 Å². The van der Waals surface area contributed by atoms with Crippen molar-refractivity contribution in [2.75, 3.05) is 0 Å². The van der Waals surface area contributed by atoms with Gasteiger partial charge in [-0.15, -0.1) is 0 Å². The number of nitrogens with zero attached hydrogens (tertiary/aromatic N) is 1. The van der Waals surface area contributed by atoms with Gasteiger partial charge < -0.3 is 0 Å². The molecular weight excluding hydrogens is 255 g/mol. The minimum absolute atomic E-state index is 0.0257. The molecule has 0 unspecified atom stereocenters. The van der Waals surface area contributed by atoms with Crippen LogP contribution in [0.5, 0.6) is 0 Å². The predicted octanol–water partition coefficient (Wildman–Crippen LogP) is 3.10. The first-order valence-corrected chi connectivity index (χ1v) is 7.20. The molecule has 0 aromatic heterocycles. The Hall–Kier alpha value is -1.71. The fourth-order valence-electron chi connectivity index (χ4n) is 3.64. The summed E-state index contributed by atoms with van der Waals surface area (Å²) in [5, 5.41) is 3.97. The van der Waals surface area contributed by atoms with Gasteiger partial charge in [-0.1, -0.05) is 31.9 Å². The molecule has 0 aliphatic heterocycles. The molecule has 1 aromatic rings. The molecule has 2 aliphatic carbocycles. The first-order chi connectivity index (χ1) is 9.61. The fourth-order valence-corrected chi connectivity index (χ4v) is 3.64. The summed E-state index contributed by atoms with van der Waals surface area (Å²) in [6, 6.07) is 6.01. The summed E-state index contributed by atoms with van der Waals surface area (Å²) in [5.74, 6) is 0.409. The van der Waals surface area contributed by atoms with E-state index in [2.05, 4.69) is 17.5 Å². The minimum Gasteiger partial charge on any atom is -0.273 e. The van der Waals surface area contributed by atoms with Gasteiger partial charge in [-0.2, -0.15) is 5.10 Å². The van der Waals surface area contributed by atoms with Gasteiger partial charge in [0.25, 0.3) is 0 Å². The predicted molar refractivity (Wildman–Crippen MR) is 75.7 cm³/mol. The van der Waals surface area contributed by atoms with Crippen molar-refractivity contribution >= 4 is 12.1 Å². The second-order valence-electron chi connectivity index (χ2n) is 6.12. The Labute approximate surface area is 118 Å². The third kappa shape index (κ3) is 2.35. The van der Waals surface area contributed by atoms with Crippen LogP contribution in [0.25, 0.3) is 0 Å². The van der Waals surface area contributed by atoms with Crippen LogP contribution < -0.4 is 5.43 Å². The molecule has 1 amide bonds. The Morgan fingerprint density at radius 2 is 2.15 bits per heavy atom. The number of carbonyl (C=O) groups excluding carboxylic acids is 1. The van der Waals surface area contributed by atoms with Crippen LogP contribution in [-0.2, 0) is 4.79 Å². The minimum atomic E-state index is -0.277. The normalized spacial score (nSPS) is 31.9.